The molecule has 0 aromatic heterocycles. The first-order valence-electron chi connectivity index (χ1n) is 4.85. The average Bonchev–Trinajstić information content (AvgIpc) is 2.08. The summed E-state index contributed by atoms with van der Waals surface area (Å²) < 4.78 is 0. The molecule has 0 saturated heterocycles. The lowest BCUT2D eigenvalue weighted by molar-refractivity contribution is 0.249. The summed E-state index contributed by atoms with van der Waals surface area (Å²) in [5.41, 5.74) is 8.54. The van der Waals surface area contributed by atoms with Crippen LogP contribution in [-0.2, 0) is 0 Å². The van der Waals surface area contributed by atoms with Gasteiger partial charge in [-0.25, -0.2) is 10.2 Å². The summed E-state index contributed by atoms with van der Waals surface area (Å²) in [6.07, 6.45) is 6.23. The predicted molar refractivity (Wildman–Crippen MR) is 56.9 cm³/mol. The molecule has 0 aliphatic heterocycles. The average molecular weight is 195 g/mol. The van der Waals surface area contributed by atoms with E-state index in [1.54, 1.807) is 6.21 Å². The second-order valence-corrected chi connectivity index (χ2v) is 3.83. The van der Waals surface area contributed by atoms with E-state index in [1.807, 2.05) is 0 Å². The molecule has 2 amide bonds. The Morgan fingerprint density at radius 2 is 2.50 bits per heavy atom. The quantitative estimate of drug-likeness (QED) is 0.392. The number of nitrogens with zero attached hydrogens (tertiary/aromatic N) is 1. The zero-order chi connectivity index (χ0) is 10.6. The molecule has 0 heterocycles. The molecule has 78 valence electrons. The van der Waals surface area contributed by atoms with Crippen molar-refractivity contribution in [2.75, 3.05) is 0 Å². The minimum absolute atomic E-state index is 0.408. The first kappa shape index (κ1) is 10.8. The van der Waals surface area contributed by atoms with Gasteiger partial charge in [-0.3, -0.25) is 0 Å². The van der Waals surface area contributed by atoms with Crippen LogP contribution in [0.2, 0.25) is 0 Å². The molecule has 1 rings (SSSR count). The fraction of sp³-hybridized carbons (Fsp3) is 0.600. The van der Waals surface area contributed by atoms with Crippen LogP contribution in [0.15, 0.2) is 16.8 Å². The van der Waals surface area contributed by atoms with Crippen molar-refractivity contribution >= 4 is 12.2 Å². The molecule has 0 saturated carbocycles. The van der Waals surface area contributed by atoms with Crippen LogP contribution in [0.25, 0.3) is 0 Å². The number of nitrogens with one attached hydrogen (secondary N) is 1. The van der Waals surface area contributed by atoms with Crippen molar-refractivity contribution in [2.45, 2.75) is 26.7 Å². The van der Waals surface area contributed by atoms with Crippen LogP contribution in [-0.4, -0.2) is 12.2 Å². The van der Waals surface area contributed by atoms with E-state index in [1.165, 1.54) is 5.57 Å². The van der Waals surface area contributed by atoms with Gasteiger partial charge in [0.25, 0.3) is 0 Å². The SMILES string of the molecule is CC1=CC(C)C(C=NNC(N)=O)CC1. The third-order valence-corrected chi connectivity index (χ3v) is 2.54. The fourth-order valence-electron chi connectivity index (χ4n) is 1.72. The summed E-state index contributed by atoms with van der Waals surface area (Å²) in [6.45, 7) is 4.30. The van der Waals surface area contributed by atoms with Gasteiger partial charge in [-0.15, -0.1) is 0 Å². The molecule has 2 atom stereocenters. The Morgan fingerprint density at radius 1 is 1.79 bits per heavy atom. The minimum Gasteiger partial charge on any atom is -0.350 e. The van der Waals surface area contributed by atoms with Gasteiger partial charge in [-0.1, -0.05) is 18.6 Å². The third kappa shape index (κ3) is 3.20. The van der Waals surface area contributed by atoms with Crippen LogP contribution < -0.4 is 11.2 Å². The molecule has 3 N–H and O–H groups in total. The molecule has 0 radical (unpaired) electrons. The summed E-state index contributed by atoms with van der Waals surface area (Å²) >= 11 is 0. The maximum Gasteiger partial charge on any atom is 0.332 e. The lowest BCUT2D eigenvalue weighted by Crippen LogP contribution is -2.26. The van der Waals surface area contributed by atoms with E-state index >= 15 is 0 Å². The summed E-state index contributed by atoms with van der Waals surface area (Å²) in [7, 11) is 0. The lowest BCUT2D eigenvalue weighted by Gasteiger charge is -2.23. The van der Waals surface area contributed by atoms with E-state index in [2.05, 4.69) is 30.5 Å². The van der Waals surface area contributed by atoms with E-state index in [0.717, 1.165) is 12.8 Å². The van der Waals surface area contributed by atoms with E-state index in [0.29, 0.717) is 11.8 Å². The van der Waals surface area contributed by atoms with Gasteiger partial charge in [-0.05, 0) is 25.7 Å². The maximum absolute atomic E-state index is 10.4. The smallest absolute Gasteiger partial charge is 0.332 e. The molecule has 0 aromatic rings. The largest absolute Gasteiger partial charge is 0.350 e. The number of rotatable bonds is 2. The van der Waals surface area contributed by atoms with Crippen LogP contribution in [0.1, 0.15) is 26.7 Å². The van der Waals surface area contributed by atoms with Crippen molar-refractivity contribution in [1.82, 2.24) is 5.43 Å². The van der Waals surface area contributed by atoms with Crippen molar-refractivity contribution in [3.05, 3.63) is 11.6 Å². The molecule has 4 heteroatoms. The van der Waals surface area contributed by atoms with Gasteiger partial charge in [0.1, 0.15) is 0 Å². The minimum atomic E-state index is -0.614. The molecule has 0 spiro atoms. The Hall–Kier alpha value is -1.32. The summed E-state index contributed by atoms with van der Waals surface area (Å²) in [5.74, 6) is 0.896. The second kappa shape index (κ2) is 4.79. The number of amides is 2. The zero-order valence-electron chi connectivity index (χ0n) is 8.66. The Balaban J connectivity index is 2.46. The Kier molecular flexibility index (Phi) is 3.68. The molecule has 14 heavy (non-hydrogen) atoms. The van der Waals surface area contributed by atoms with E-state index in [-0.39, 0.29) is 0 Å². The third-order valence-electron chi connectivity index (χ3n) is 2.54. The van der Waals surface area contributed by atoms with Crippen molar-refractivity contribution in [1.29, 1.82) is 0 Å². The number of hydrogen-bond donors (Lipinski definition) is 2. The molecule has 1 aliphatic rings. The highest BCUT2D eigenvalue weighted by Gasteiger charge is 2.17. The first-order valence-corrected chi connectivity index (χ1v) is 4.85. The van der Waals surface area contributed by atoms with Crippen molar-refractivity contribution in [3.8, 4) is 0 Å². The van der Waals surface area contributed by atoms with Crippen LogP contribution in [0.3, 0.4) is 0 Å². The Labute approximate surface area is 84.2 Å². The first-order chi connectivity index (χ1) is 6.59. The molecule has 0 aromatic carbocycles. The standard InChI is InChI=1S/C10H17N3O/c1-7-3-4-9(8(2)5-7)6-12-13-10(11)14/h5-6,8-9H,3-4H2,1-2H3,(H3,11,13,14). The molecular weight excluding hydrogens is 178 g/mol. The van der Waals surface area contributed by atoms with E-state index in [4.69, 9.17) is 5.73 Å². The van der Waals surface area contributed by atoms with Crippen molar-refractivity contribution < 1.29 is 4.79 Å². The molecule has 2 unspecified atom stereocenters. The molecule has 1 aliphatic carbocycles. The highest BCUT2D eigenvalue weighted by molar-refractivity contribution is 5.73. The number of carbonyl (C=O) groups is 1. The van der Waals surface area contributed by atoms with Crippen LogP contribution in [0.4, 0.5) is 4.79 Å². The number of carbonyl (C=O) groups excluding carboxylic acids is 1. The van der Waals surface area contributed by atoms with Gasteiger partial charge < -0.3 is 5.73 Å². The number of hydrazone groups is 1. The van der Waals surface area contributed by atoms with Crippen molar-refractivity contribution in [2.24, 2.45) is 22.7 Å². The molecular formula is C10H17N3O. The highest BCUT2D eigenvalue weighted by atomic mass is 16.2. The Bertz CT molecular complexity index is 271. The summed E-state index contributed by atoms with van der Waals surface area (Å²) in [6, 6.07) is -0.614. The number of allylic oxidation sites excluding steroid dienone is 2. The topological polar surface area (TPSA) is 67.5 Å². The van der Waals surface area contributed by atoms with E-state index < -0.39 is 6.03 Å². The fourth-order valence-corrected chi connectivity index (χ4v) is 1.72. The van der Waals surface area contributed by atoms with Crippen molar-refractivity contribution in [3.63, 3.8) is 0 Å². The van der Waals surface area contributed by atoms with Gasteiger partial charge >= 0.3 is 6.03 Å². The van der Waals surface area contributed by atoms with Crippen LogP contribution in [0.5, 0.6) is 0 Å². The monoisotopic (exact) mass is 195 g/mol. The van der Waals surface area contributed by atoms with Gasteiger partial charge in [0.15, 0.2) is 0 Å². The summed E-state index contributed by atoms with van der Waals surface area (Å²) in [5, 5.41) is 3.79. The second-order valence-electron chi connectivity index (χ2n) is 3.83. The Morgan fingerprint density at radius 3 is 3.07 bits per heavy atom. The maximum atomic E-state index is 10.4. The van der Waals surface area contributed by atoms with Gasteiger partial charge in [-0.2, -0.15) is 5.10 Å². The van der Waals surface area contributed by atoms with Gasteiger partial charge in [0.2, 0.25) is 0 Å². The lowest BCUT2D eigenvalue weighted by atomic mass is 9.83. The molecule has 4 nitrogen and oxygen atoms in total. The number of hydrogen-bond acceptors (Lipinski definition) is 2. The number of urea groups is 1. The van der Waals surface area contributed by atoms with Gasteiger partial charge in [0, 0.05) is 12.1 Å². The predicted octanol–water partition coefficient (Wildman–Crippen LogP) is 1.63. The highest BCUT2D eigenvalue weighted by Crippen LogP contribution is 2.26. The number of nitrogens with two attached hydrogens (primary N) is 1. The number of primary amides is 1. The molecule has 0 fully saturated rings. The van der Waals surface area contributed by atoms with Gasteiger partial charge in [0.05, 0.1) is 0 Å². The van der Waals surface area contributed by atoms with Crippen LogP contribution >= 0.6 is 0 Å². The van der Waals surface area contributed by atoms with E-state index in [9.17, 15) is 4.79 Å². The zero-order valence-corrected chi connectivity index (χ0v) is 8.66. The summed E-state index contributed by atoms with van der Waals surface area (Å²) in [4.78, 5) is 10.4. The normalized spacial score (nSPS) is 27.4. The molecule has 0 bridgehead atoms. The van der Waals surface area contributed by atoms with Crippen LogP contribution in [0, 0.1) is 11.8 Å².